The highest BCUT2D eigenvalue weighted by Crippen LogP contribution is 2.24. The summed E-state index contributed by atoms with van der Waals surface area (Å²) in [6, 6.07) is 14.0. The maximum absolute atomic E-state index is 10.2. The van der Waals surface area contributed by atoms with Crippen LogP contribution in [0, 0.1) is 0 Å². The van der Waals surface area contributed by atoms with Gasteiger partial charge in [-0.15, -0.1) is 12.4 Å². The Morgan fingerprint density at radius 1 is 1.16 bits per heavy atom. The fourth-order valence-corrected chi connectivity index (χ4v) is 1.95. The lowest BCUT2D eigenvalue weighted by Gasteiger charge is -2.17. The van der Waals surface area contributed by atoms with Crippen molar-refractivity contribution in [3.05, 3.63) is 48.0 Å². The quantitative estimate of drug-likeness (QED) is 0.828. The van der Waals surface area contributed by atoms with Gasteiger partial charge in [-0.25, -0.2) is 0 Å². The van der Waals surface area contributed by atoms with Crippen molar-refractivity contribution in [3.8, 4) is 0 Å². The molecule has 0 aliphatic heterocycles. The van der Waals surface area contributed by atoms with Crippen LogP contribution in [0.2, 0.25) is 0 Å². The first-order valence-corrected chi connectivity index (χ1v) is 6.17. The van der Waals surface area contributed by atoms with Crippen LogP contribution in [-0.4, -0.2) is 25.0 Å². The van der Waals surface area contributed by atoms with Gasteiger partial charge in [-0.3, -0.25) is 5.32 Å². The van der Waals surface area contributed by atoms with Gasteiger partial charge in [0.2, 0.25) is 0 Å². The van der Waals surface area contributed by atoms with Gasteiger partial charge in [-0.2, -0.15) is 0 Å². The van der Waals surface area contributed by atoms with Gasteiger partial charge < -0.3 is 9.84 Å². The molecule has 0 saturated heterocycles. The van der Waals surface area contributed by atoms with E-state index in [1.165, 1.54) is 0 Å². The summed E-state index contributed by atoms with van der Waals surface area (Å²) in [5.41, 5.74) is 0.913. The van der Waals surface area contributed by atoms with Gasteiger partial charge in [0.15, 0.2) is 0 Å². The molecule has 2 aromatic rings. The number of benzene rings is 2. The second-order valence-corrected chi connectivity index (χ2v) is 4.35. The lowest BCUT2D eigenvalue weighted by atomic mass is 10.0. The summed E-state index contributed by atoms with van der Waals surface area (Å²) in [7, 11) is 1.83. The lowest BCUT2D eigenvalue weighted by molar-refractivity contribution is -0.0127. The van der Waals surface area contributed by atoms with E-state index >= 15 is 0 Å². The van der Waals surface area contributed by atoms with Crippen LogP contribution in [0.4, 0.5) is 0 Å². The summed E-state index contributed by atoms with van der Waals surface area (Å²) in [4.78, 5) is 0. The molecule has 0 aromatic heterocycles. The van der Waals surface area contributed by atoms with Gasteiger partial charge in [0, 0.05) is 0 Å². The SMILES string of the molecule is CNC(C)OCC(O)c1cccc2ccccc12.Cl. The third kappa shape index (κ3) is 3.91. The van der Waals surface area contributed by atoms with Gasteiger partial charge >= 0.3 is 0 Å². The molecule has 4 heteroatoms. The van der Waals surface area contributed by atoms with Crippen LogP contribution in [0.1, 0.15) is 18.6 Å². The number of hydrogen-bond donors (Lipinski definition) is 2. The van der Waals surface area contributed by atoms with E-state index in [9.17, 15) is 5.11 Å². The Labute approximate surface area is 120 Å². The molecule has 3 nitrogen and oxygen atoms in total. The molecule has 0 heterocycles. The third-order valence-electron chi connectivity index (χ3n) is 3.09. The number of halogens is 1. The smallest absolute Gasteiger partial charge is 0.105 e. The van der Waals surface area contributed by atoms with E-state index in [1.54, 1.807) is 0 Å². The van der Waals surface area contributed by atoms with Crippen molar-refractivity contribution < 1.29 is 9.84 Å². The number of rotatable bonds is 5. The molecule has 0 amide bonds. The monoisotopic (exact) mass is 281 g/mol. The van der Waals surface area contributed by atoms with Crippen molar-refractivity contribution in [1.82, 2.24) is 5.32 Å². The Morgan fingerprint density at radius 3 is 2.58 bits per heavy atom. The van der Waals surface area contributed by atoms with Gasteiger partial charge in [-0.1, -0.05) is 42.5 Å². The van der Waals surface area contributed by atoms with Crippen LogP contribution < -0.4 is 5.32 Å². The molecule has 2 unspecified atom stereocenters. The molecule has 19 heavy (non-hydrogen) atoms. The molecule has 0 saturated carbocycles. The van der Waals surface area contributed by atoms with E-state index in [-0.39, 0.29) is 25.2 Å². The van der Waals surface area contributed by atoms with Crippen LogP contribution in [0.5, 0.6) is 0 Å². The van der Waals surface area contributed by atoms with Gasteiger partial charge in [0.25, 0.3) is 0 Å². The molecule has 2 rings (SSSR count). The molecule has 104 valence electrons. The van der Waals surface area contributed by atoms with Gasteiger partial charge in [0.05, 0.1) is 6.61 Å². The van der Waals surface area contributed by atoms with E-state index in [1.807, 2.05) is 56.4 Å². The van der Waals surface area contributed by atoms with E-state index in [0.717, 1.165) is 16.3 Å². The largest absolute Gasteiger partial charge is 0.386 e. The van der Waals surface area contributed by atoms with Crippen LogP contribution >= 0.6 is 12.4 Å². The predicted molar refractivity (Wildman–Crippen MR) is 80.6 cm³/mol. The summed E-state index contributed by atoms with van der Waals surface area (Å²) < 4.78 is 5.50. The van der Waals surface area contributed by atoms with Crippen molar-refractivity contribution >= 4 is 23.2 Å². The minimum absolute atomic E-state index is 0. The number of aliphatic hydroxyl groups is 1. The average Bonchev–Trinajstić information content (AvgIpc) is 2.43. The topological polar surface area (TPSA) is 41.5 Å². The van der Waals surface area contributed by atoms with Crippen LogP contribution in [0.3, 0.4) is 0 Å². The zero-order valence-electron chi connectivity index (χ0n) is 11.2. The van der Waals surface area contributed by atoms with Gasteiger partial charge in [-0.05, 0) is 30.3 Å². The first kappa shape index (κ1) is 15.9. The fraction of sp³-hybridized carbons (Fsp3) is 0.333. The van der Waals surface area contributed by atoms with Crippen molar-refractivity contribution in [2.24, 2.45) is 0 Å². The summed E-state index contributed by atoms with van der Waals surface area (Å²) in [6.45, 7) is 2.20. The number of fused-ring (bicyclic) bond motifs is 1. The minimum atomic E-state index is -0.605. The normalized spacial score (nSPS) is 13.8. The molecule has 0 bridgehead atoms. The summed E-state index contributed by atoms with van der Waals surface area (Å²) >= 11 is 0. The average molecular weight is 282 g/mol. The molecular weight excluding hydrogens is 262 g/mol. The fourth-order valence-electron chi connectivity index (χ4n) is 1.95. The molecule has 0 aliphatic carbocycles. The highest BCUT2D eigenvalue weighted by Gasteiger charge is 2.12. The lowest BCUT2D eigenvalue weighted by Crippen LogP contribution is -2.26. The van der Waals surface area contributed by atoms with Crippen molar-refractivity contribution in [1.29, 1.82) is 0 Å². The predicted octanol–water partition coefficient (Wildman–Crippen LogP) is 2.88. The second-order valence-electron chi connectivity index (χ2n) is 4.35. The molecule has 2 aromatic carbocycles. The summed E-state index contributed by atoms with van der Waals surface area (Å²) in [5, 5.41) is 15.4. The molecule has 0 fully saturated rings. The maximum atomic E-state index is 10.2. The number of nitrogens with one attached hydrogen (secondary N) is 1. The van der Waals surface area contributed by atoms with Crippen molar-refractivity contribution in [2.75, 3.05) is 13.7 Å². The number of ether oxygens (including phenoxy) is 1. The Balaban J connectivity index is 0.00000180. The highest BCUT2D eigenvalue weighted by molar-refractivity contribution is 5.86. The first-order chi connectivity index (χ1) is 8.72. The van der Waals surface area contributed by atoms with Crippen molar-refractivity contribution in [3.63, 3.8) is 0 Å². The summed E-state index contributed by atoms with van der Waals surface area (Å²) in [6.07, 6.45) is -0.665. The van der Waals surface area contributed by atoms with E-state index < -0.39 is 6.10 Å². The Bertz CT molecular complexity index is 513. The Morgan fingerprint density at radius 2 is 1.84 bits per heavy atom. The Kier molecular flexibility index (Phi) is 6.25. The number of hydrogen-bond acceptors (Lipinski definition) is 3. The first-order valence-electron chi connectivity index (χ1n) is 6.17. The molecular formula is C15H20ClNO2. The van der Waals surface area contributed by atoms with Gasteiger partial charge in [0.1, 0.15) is 12.3 Å². The van der Waals surface area contributed by atoms with Crippen LogP contribution in [0.15, 0.2) is 42.5 Å². The zero-order chi connectivity index (χ0) is 13.0. The second kappa shape index (κ2) is 7.46. The molecule has 2 N–H and O–H groups in total. The van der Waals surface area contributed by atoms with E-state index in [2.05, 4.69) is 5.32 Å². The zero-order valence-corrected chi connectivity index (χ0v) is 12.0. The van der Waals surface area contributed by atoms with Crippen molar-refractivity contribution in [2.45, 2.75) is 19.3 Å². The molecule has 0 aliphatic rings. The molecule has 2 atom stereocenters. The molecule has 0 spiro atoms. The molecule has 0 radical (unpaired) electrons. The van der Waals surface area contributed by atoms with E-state index in [0.29, 0.717) is 0 Å². The maximum Gasteiger partial charge on any atom is 0.105 e. The third-order valence-corrected chi connectivity index (χ3v) is 3.09. The standard InChI is InChI=1S/C15H19NO2.ClH/c1-11(16-2)18-10-15(17)14-9-5-7-12-6-3-4-8-13(12)14;/h3-9,11,15-17H,10H2,1-2H3;1H. The minimum Gasteiger partial charge on any atom is -0.386 e. The van der Waals surface area contributed by atoms with E-state index in [4.69, 9.17) is 4.74 Å². The summed E-state index contributed by atoms with van der Waals surface area (Å²) in [5.74, 6) is 0. The number of aliphatic hydroxyl groups excluding tert-OH is 1. The highest BCUT2D eigenvalue weighted by atomic mass is 35.5. The van der Waals surface area contributed by atoms with Crippen LogP contribution in [-0.2, 0) is 4.74 Å². The Hall–Kier alpha value is -1.13. The van der Waals surface area contributed by atoms with Crippen LogP contribution in [0.25, 0.3) is 10.8 Å².